The minimum Gasteiger partial charge on any atom is -0.358 e. The minimum atomic E-state index is -3.65. The van der Waals surface area contributed by atoms with E-state index in [9.17, 15) is 8.42 Å². The van der Waals surface area contributed by atoms with Crippen LogP contribution in [0.5, 0.6) is 0 Å². The monoisotopic (exact) mass is 332 g/mol. The summed E-state index contributed by atoms with van der Waals surface area (Å²) in [6, 6.07) is 0.210. The fourth-order valence-electron chi connectivity index (χ4n) is 3.04. The van der Waals surface area contributed by atoms with Gasteiger partial charge in [0.25, 0.3) is 0 Å². The summed E-state index contributed by atoms with van der Waals surface area (Å²) in [6.07, 6.45) is 2.60. The van der Waals surface area contributed by atoms with Crippen molar-refractivity contribution in [1.82, 2.24) is 9.88 Å². The Balaban J connectivity index is 1.89. The lowest BCUT2D eigenvalue weighted by atomic mass is 9.92. The molecule has 0 aromatic carbocycles. The average Bonchev–Trinajstić information content (AvgIpc) is 2.75. The second kappa shape index (κ2) is 6.60. The highest BCUT2D eigenvalue weighted by atomic mass is 32.2. The lowest BCUT2D eigenvalue weighted by molar-refractivity contribution is 0.138. The Labute approximate surface area is 130 Å². The molecule has 8 heteroatoms. The topological polar surface area (TPSA) is 88.3 Å². The Hall–Kier alpha value is -0.700. The quantitative estimate of drug-likeness (QED) is 0.854. The molecular formula is C13H24N4O2S2. The highest BCUT2D eigenvalue weighted by molar-refractivity contribution is 7.91. The first-order valence-electron chi connectivity index (χ1n) is 7.21. The number of nitrogens with two attached hydrogens (primary N) is 1. The number of piperidine rings is 1. The highest BCUT2D eigenvalue weighted by Crippen LogP contribution is 2.24. The predicted octanol–water partition coefficient (Wildman–Crippen LogP) is 1.57. The van der Waals surface area contributed by atoms with Gasteiger partial charge in [-0.3, -0.25) is 0 Å². The van der Waals surface area contributed by atoms with Gasteiger partial charge in [0.2, 0.25) is 10.0 Å². The van der Waals surface area contributed by atoms with Gasteiger partial charge in [0.1, 0.15) is 0 Å². The first-order chi connectivity index (χ1) is 9.74. The van der Waals surface area contributed by atoms with Gasteiger partial charge in [-0.15, -0.1) is 0 Å². The van der Waals surface area contributed by atoms with E-state index in [1.54, 1.807) is 0 Å². The van der Waals surface area contributed by atoms with Gasteiger partial charge < -0.3 is 10.2 Å². The SMILES string of the molecule is CC1CC(C)CN(CC(C)Nc2ncc(S(N)(=O)=O)s2)C1. The second-order valence-electron chi connectivity index (χ2n) is 6.24. The zero-order chi connectivity index (χ0) is 15.6. The van der Waals surface area contributed by atoms with Gasteiger partial charge in [-0.25, -0.2) is 18.5 Å². The molecule has 3 unspecified atom stereocenters. The van der Waals surface area contributed by atoms with Crippen LogP contribution in [0.2, 0.25) is 0 Å². The molecule has 0 amide bonds. The number of nitrogens with one attached hydrogen (secondary N) is 1. The van der Waals surface area contributed by atoms with Crippen molar-refractivity contribution in [3.63, 3.8) is 0 Å². The zero-order valence-electron chi connectivity index (χ0n) is 12.7. The summed E-state index contributed by atoms with van der Waals surface area (Å²) in [4.78, 5) is 6.54. The van der Waals surface area contributed by atoms with Crippen molar-refractivity contribution in [2.45, 2.75) is 37.4 Å². The molecule has 0 spiro atoms. The van der Waals surface area contributed by atoms with Crippen molar-refractivity contribution in [2.24, 2.45) is 17.0 Å². The number of sulfonamides is 1. The molecule has 1 saturated heterocycles. The summed E-state index contributed by atoms with van der Waals surface area (Å²) >= 11 is 1.08. The lowest BCUT2D eigenvalue weighted by Crippen LogP contribution is -2.43. The van der Waals surface area contributed by atoms with Crippen molar-refractivity contribution >= 4 is 26.5 Å². The number of hydrogen-bond donors (Lipinski definition) is 2. The van der Waals surface area contributed by atoms with Gasteiger partial charge in [0, 0.05) is 25.7 Å². The van der Waals surface area contributed by atoms with E-state index in [0.29, 0.717) is 5.13 Å². The average molecular weight is 332 g/mol. The Bertz CT molecular complexity index is 562. The Morgan fingerprint density at radius 1 is 1.48 bits per heavy atom. The molecule has 1 aliphatic heterocycles. The molecule has 0 aliphatic carbocycles. The van der Waals surface area contributed by atoms with Crippen LogP contribution in [0.3, 0.4) is 0 Å². The van der Waals surface area contributed by atoms with Crippen LogP contribution in [-0.4, -0.2) is 44.0 Å². The molecule has 1 aromatic rings. The Kier molecular flexibility index (Phi) is 5.24. The third kappa shape index (κ3) is 4.91. The summed E-state index contributed by atoms with van der Waals surface area (Å²) in [5.41, 5.74) is 0. The smallest absolute Gasteiger partial charge is 0.249 e. The van der Waals surface area contributed by atoms with E-state index >= 15 is 0 Å². The van der Waals surface area contributed by atoms with Gasteiger partial charge in [-0.2, -0.15) is 0 Å². The minimum absolute atomic E-state index is 0.0948. The molecule has 120 valence electrons. The molecule has 0 bridgehead atoms. The molecule has 1 aliphatic rings. The van der Waals surface area contributed by atoms with Crippen LogP contribution in [0.4, 0.5) is 5.13 Å². The van der Waals surface area contributed by atoms with Gasteiger partial charge in [-0.05, 0) is 25.2 Å². The summed E-state index contributed by atoms with van der Waals surface area (Å²) in [5, 5.41) is 8.95. The molecular weight excluding hydrogens is 308 g/mol. The van der Waals surface area contributed by atoms with E-state index in [-0.39, 0.29) is 10.3 Å². The number of rotatable bonds is 5. The van der Waals surface area contributed by atoms with Crippen molar-refractivity contribution in [1.29, 1.82) is 0 Å². The fourth-order valence-corrected chi connectivity index (χ4v) is 4.60. The third-order valence-corrected chi connectivity index (χ3v) is 5.95. The lowest BCUT2D eigenvalue weighted by Gasteiger charge is -2.36. The Morgan fingerprint density at radius 2 is 2.10 bits per heavy atom. The van der Waals surface area contributed by atoms with Crippen LogP contribution in [0.25, 0.3) is 0 Å². The van der Waals surface area contributed by atoms with Crippen LogP contribution in [-0.2, 0) is 10.0 Å². The molecule has 2 rings (SSSR count). The number of primary sulfonamides is 1. The van der Waals surface area contributed by atoms with E-state index in [0.717, 1.165) is 42.8 Å². The van der Waals surface area contributed by atoms with Gasteiger partial charge in [-0.1, -0.05) is 25.2 Å². The predicted molar refractivity (Wildman–Crippen MR) is 86.0 cm³/mol. The summed E-state index contributed by atoms with van der Waals surface area (Å²) in [7, 11) is -3.65. The zero-order valence-corrected chi connectivity index (χ0v) is 14.4. The maximum absolute atomic E-state index is 11.2. The number of likely N-dealkylation sites (tertiary alicyclic amines) is 1. The van der Waals surface area contributed by atoms with Gasteiger partial charge in [0.05, 0.1) is 6.20 Å². The first-order valence-corrected chi connectivity index (χ1v) is 9.58. The number of aromatic nitrogens is 1. The molecule has 3 atom stereocenters. The maximum Gasteiger partial charge on any atom is 0.249 e. The molecule has 1 fully saturated rings. The molecule has 0 saturated carbocycles. The summed E-state index contributed by atoms with van der Waals surface area (Å²) < 4.78 is 22.6. The van der Waals surface area contributed by atoms with Crippen molar-refractivity contribution in [3.05, 3.63) is 6.20 Å². The largest absolute Gasteiger partial charge is 0.358 e. The van der Waals surface area contributed by atoms with Crippen LogP contribution in [0.1, 0.15) is 27.2 Å². The van der Waals surface area contributed by atoms with Crippen molar-refractivity contribution < 1.29 is 8.42 Å². The number of hydrogen-bond acceptors (Lipinski definition) is 6. The van der Waals surface area contributed by atoms with E-state index < -0.39 is 10.0 Å². The highest BCUT2D eigenvalue weighted by Gasteiger charge is 2.23. The summed E-state index contributed by atoms with van der Waals surface area (Å²) in [6.45, 7) is 9.84. The van der Waals surface area contributed by atoms with E-state index in [4.69, 9.17) is 5.14 Å². The van der Waals surface area contributed by atoms with Gasteiger partial charge >= 0.3 is 0 Å². The van der Waals surface area contributed by atoms with Crippen LogP contribution < -0.4 is 10.5 Å². The molecule has 2 heterocycles. The van der Waals surface area contributed by atoms with E-state index in [1.165, 1.54) is 12.6 Å². The maximum atomic E-state index is 11.2. The number of anilines is 1. The van der Waals surface area contributed by atoms with Crippen molar-refractivity contribution in [3.8, 4) is 0 Å². The summed E-state index contributed by atoms with van der Waals surface area (Å²) in [5.74, 6) is 1.46. The second-order valence-corrected chi connectivity index (χ2v) is 9.06. The normalized spacial score (nSPS) is 25.7. The van der Waals surface area contributed by atoms with Crippen molar-refractivity contribution in [2.75, 3.05) is 25.0 Å². The van der Waals surface area contributed by atoms with Crippen LogP contribution in [0.15, 0.2) is 10.4 Å². The molecule has 6 nitrogen and oxygen atoms in total. The van der Waals surface area contributed by atoms with E-state index in [2.05, 4.69) is 36.0 Å². The number of thiazole rings is 1. The third-order valence-electron chi connectivity index (χ3n) is 3.61. The molecule has 3 N–H and O–H groups in total. The standard InChI is InChI=1S/C13H24N4O2S2/c1-9-4-10(2)7-17(6-9)8-11(3)16-13-15-5-12(20-13)21(14,18)19/h5,9-11H,4,6-8H2,1-3H3,(H,15,16)(H2,14,18,19). The molecule has 0 radical (unpaired) electrons. The molecule has 1 aromatic heterocycles. The van der Waals surface area contributed by atoms with Crippen LogP contribution in [0, 0.1) is 11.8 Å². The molecule has 21 heavy (non-hydrogen) atoms. The van der Waals surface area contributed by atoms with Gasteiger partial charge in [0.15, 0.2) is 9.34 Å². The first kappa shape index (κ1) is 16.7. The Morgan fingerprint density at radius 3 is 2.62 bits per heavy atom. The number of nitrogens with zero attached hydrogens (tertiary/aromatic N) is 2. The van der Waals surface area contributed by atoms with E-state index in [1.807, 2.05) is 0 Å². The van der Waals surface area contributed by atoms with Crippen LogP contribution >= 0.6 is 11.3 Å². The fraction of sp³-hybridized carbons (Fsp3) is 0.769.